The first kappa shape index (κ1) is 21.1. The molecule has 0 saturated heterocycles. The van der Waals surface area contributed by atoms with Crippen LogP contribution in [-0.2, 0) is 17.5 Å². The van der Waals surface area contributed by atoms with E-state index >= 15 is 0 Å². The minimum absolute atomic E-state index is 0.0741. The fourth-order valence-corrected chi connectivity index (χ4v) is 4.14. The van der Waals surface area contributed by atoms with Crippen molar-refractivity contribution >= 4 is 22.5 Å². The zero-order valence-corrected chi connectivity index (χ0v) is 16.7. The maximum Gasteiger partial charge on any atom is 0.416 e. The monoisotopic (exact) mass is 429 g/mol. The van der Waals surface area contributed by atoms with E-state index in [4.69, 9.17) is 0 Å². The molecule has 1 fully saturated rings. The fourth-order valence-electron chi connectivity index (χ4n) is 4.14. The highest BCUT2D eigenvalue weighted by Crippen LogP contribution is 2.32. The normalized spacial score (nSPS) is 19.3. The number of hydrogen-bond donors (Lipinski definition) is 1. The Balaban J connectivity index is 1.35. The molecule has 0 aliphatic heterocycles. The number of rotatable bonds is 4. The van der Waals surface area contributed by atoms with Gasteiger partial charge >= 0.3 is 6.18 Å². The second-order valence-corrected chi connectivity index (χ2v) is 8.00. The lowest BCUT2D eigenvalue weighted by molar-refractivity contribution is -0.137. The standard InChI is InChI=1S/C23H22F3N3O2/c24-23(25,26)17-4-3-5-18(12-17)28-21(30)16-10-8-15(9-11-16)13-29-14-27-20-7-2-1-6-19(20)22(29)31/h1-7,12,14-16H,8-11,13H2,(H,28,30). The van der Waals surface area contributed by atoms with Crippen molar-refractivity contribution in [2.24, 2.45) is 11.8 Å². The van der Waals surface area contributed by atoms with E-state index < -0.39 is 11.7 Å². The van der Waals surface area contributed by atoms with Crippen LogP contribution in [0.1, 0.15) is 31.2 Å². The predicted molar refractivity (Wildman–Crippen MR) is 112 cm³/mol. The highest BCUT2D eigenvalue weighted by Gasteiger charge is 2.31. The second kappa shape index (κ2) is 8.53. The predicted octanol–water partition coefficient (Wildman–Crippen LogP) is 4.86. The van der Waals surface area contributed by atoms with Gasteiger partial charge < -0.3 is 5.32 Å². The highest BCUT2D eigenvalue weighted by molar-refractivity contribution is 5.92. The maximum absolute atomic E-state index is 12.9. The molecule has 1 aliphatic rings. The van der Waals surface area contributed by atoms with Crippen LogP contribution in [0.4, 0.5) is 18.9 Å². The molecule has 2 aromatic carbocycles. The molecule has 0 unspecified atom stereocenters. The van der Waals surface area contributed by atoms with E-state index in [2.05, 4.69) is 10.3 Å². The van der Waals surface area contributed by atoms with Crippen LogP contribution in [0.2, 0.25) is 0 Å². The van der Waals surface area contributed by atoms with Crippen LogP contribution in [0.15, 0.2) is 59.7 Å². The molecule has 162 valence electrons. The van der Waals surface area contributed by atoms with Gasteiger partial charge in [0.1, 0.15) is 0 Å². The SMILES string of the molecule is O=C(Nc1cccc(C(F)(F)F)c1)C1CCC(Cn2cnc3ccccc3c2=O)CC1. The van der Waals surface area contributed by atoms with Gasteiger partial charge in [0.2, 0.25) is 5.91 Å². The van der Waals surface area contributed by atoms with Crippen LogP contribution in [0, 0.1) is 11.8 Å². The molecule has 3 aromatic rings. The van der Waals surface area contributed by atoms with E-state index in [1.54, 1.807) is 23.0 Å². The molecular weight excluding hydrogens is 407 g/mol. The Labute approximate surface area is 176 Å². The molecule has 1 aliphatic carbocycles. The lowest BCUT2D eigenvalue weighted by Crippen LogP contribution is -2.30. The maximum atomic E-state index is 12.9. The third kappa shape index (κ3) is 4.78. The second-order valence-electron chi connectivity index (χ2n) is 8.00. The molecule has 1 saturated carbocycles. The average Bonchev–Trinajstić information content (AvgIpc) is 2.76. The number of benzene rings is 2. The number of hydrogen-bond acceptors (Lipinski definition) is 3. The fraction of sp³-hybridized carbons (Fsp3) is 0.348. The average molecular weight is 429 g/mol. The number of para-hydroxylation sites is 1. The zero-order valence-electron chi connectivity index (χ0n) is 16.7. The van der Waals surface area contributed by atoms with Gasteiger partial charge in [-0.1, -0.05) is 18.2 Å². The van der Waals surface area contributed by atoms with Crippen molar-refractivity contribution < 1.29 is 18.0 Å². The number of nitrogens with zero attached hydrogens (tertiary/aromatic N) is 2. The Bertz CT molecular complexity index is 1150. The first-order valence-corrected chi connectivity index (χ1v) is 10.2. The molecule has 1 amide bonds. The van der Waals surface area contributed by atoms with Gasteiger partial charge in [-0.15, -0.1) is 0 Å². The van der Waals surface area contributed by atoms with Crippen molar-refractivity contribution in [1.29, 1.82) is 0 Å². The van der Waals surface area contributed by atoms with Crippen molar-refractivity contribution in [2.75, 3.05) is 5.32 Å². The summed E-state index contributed by atoms with van der Waals surface area (Å²) in [4.78, 5) is 29.5. The summed E-state index contributed by atoms with van der Waals surface area (Å²) in [6, 6.07) is 11.9. The molecule has 4 rings (SSSR count). The van der Waals surface area contributed by atoms with Gasteiger partial charge in [-0.3, -0.25) is 14.2 Å². The Morgan fingerprint density at radius 3 is 2.55 bits per heavy atom. The molecular formula is C23H22F3N3O2. The van der Waals surface area contributed by atoms with Crippen molar-refractivity contribution in [3.63, 3.8) is 0 Å². The third-order valence-corrected chi connectivity index (χ3v) is 5.86. The summed E-state index contributed by atoms with van der Waals surface area (Å²) in [6.07, 6.45) is -0.0953. The lowest BCUT2D eigenvalue weighted by Gasteiger charge is -2.28. The van der Waals surface area contributed by atoms with Gasteiger partial charge in [-0.25, -0.2) is 4.98 Å². The van der Waals surface area contributed by atoms with Gasteiger partial charge in [-0.05, 0) is 61.9 Å². The number of fused-ring (bicyclic) bond motifs is 1. The Morgan fingerprint density at radius 1 is 1.06 bits per heavy atom. The minimum atomic E-state index is -4.45. The number of alkyl halides is 3. The Hall–Kier alpha value is -3.16. The third-order valence-electron chi connectivity index (χ3n) is 5.86. The van der Waals surface area contributed by atoms with Crippen LogP contribution in [0.3, 0.4) is 0 Å². The molecule has 1 heterocycles. The number of carbonyl (C=O) groups is 1. The molecule has 0 spiro atoms. The van der Waals surface area contributed by atoms with Crippen molar-refractivity contribution in [2.45, 2.75) is 38.4 Å². The van der Waals surface area contributed by atoms with Gasteiger partial charge in [-0.2, -0.15) is 13.2 Å². The largest absolute Gasteiger partial charge is 0.416 e. The van der Waals surface area contributed by atoms with Crippen LogP contribution in [0.5, 0.6) is 0 Å². The molecule has 1 aromatic heterocycles. The van der Waals surface area contributed by atoms with E-state index in [1.807, 2.05) is 12.1 Å². The lowest BCUT2D eigenvalue weighted by atomic mass is 9.81. The quantitative estimate of drug-likeness (QED) is 0.644. The van der Waals surface area contributed by atoms with Gasteiger partial charge in [0.15, 0.2) is 0 Å². The summed E-state index contributed by atoms with van der Waals surface area (Å²) in [5, 5.41) is 3.20. The first-order valence-electron chi connectivity index (χ1n) is 10.2. The molecule has 1 N–H and O–H groups in total. The highest BCUT2D eigenvalue weighted by atomic mass is 19.4. The molecule has 31 heavy (non-hydrogen) atoms. The molecule has 8 heteroatoms. The van der Waals surface area contributed by atoms with Crippen LogP contribution < -0.4 is 10.9 Å². The zero-order chi connectivity index (χ0) is 22.0. The number of carbonyl (C=O) groups excluding carboxylic acids is 1. The van der Waals surface area contributed by atoms with Gasteiger partial charge in [0.05, 0.1) is 22.8 Å². The molecule has 0 atom stereocenters. The summed E-state index contributed by atoms with van der Waals surface area (Å²) < 4.78 is 40.2. The van der Waals surface area contributed by atoms with Crippen molar-refractivity contribution in [3.05, 3.63) is 70.8 Å². The van der Waals surface area contributed by atoms with E-state index in [9.17, 15) is 22.8 Å². The number of halogens is 3. The topological polar surface area (TPSA) is 64.0 Å². The number of aromatic nitrogens is 2. The Morgan fingerprint density at radius 2 is 1.81 bits per heavy atom. The van der Waals surface area contributed by atoms with E-state index in [0.29, 0.717) is 30.3 Å². The summed E-state index contributed by atoms with van der Waals surface area (Å²) >= 11 is 0. The summed E-state index contributed by atoms with van der Waals surface area (Å²) in [5.41, 5.74) is -0.0482. The van der Waals surface area contributed by atoms with Gasteiger partial charge in [0, 0.05) is 18.2 Å². The van der Waals surface area contributed by atoms with E-state index in [1.165, 1.54) is 12.1 Å². The first-order chi connectivity index (χ1) is 14.8. The number of nitrogens with one attached hydrogen (secondary N) is 1. The molecule has 0 radical (unpaired) electrons. The van der Waals surface area contributed by atoms with Crippen molar-refractivity contribution in [1.82, 2.24) is 9.55 Å². The van der Waals surface area contributed by atoms with Crippen LogP contribution >= 0.6 is 0 Å². The summed E-state index contributed by atoms with van der Waals surface area (Å²) in [6.45, 7) is 0.540. The smallest absolute Gasteiger partial charge is 0.326 e. The van der Waals surface area contributed by atoms with E-state index in [-0.39, 0.29) is 29.0 Å². The van der Waals surface area contributed by atoms with E-state index in [0.717, 1.165) is 25.0 Å². The van der Waals surface area contributed by atoms with Crippen LogP contribution in [-0.4, -0.2) is 15.5 Å². The number of anilines is 1. The summed E-state index contributed by atoms with van der Waals surface area (Å²) in [7, 11) is 0. The van der Waals surface area contributed by atoms with Crippen molar-refractivity contribution in [3.8, 4) is 0 Å². The summed E-state index contributed by atoms with van der Waals surface area (Å²) in [5.74, 6) is -0.266. The van der Waals surface area contributed by atoms with Crippen LogP contribution in [0.25, 0.3) is 10.9 Å². The van der Waals surface area contributed by atoms with Gasteiger partial charge in [0.25, 0.3) is 5.56 Å². The minimum Gasteiger partial charge on any atom is -0.326 e. The molecule has 0 bridgehead atoms. The number of amides is 1. The molecule has 5 nitrogen and oxygen atoms in total. The Kier molecular flexibility index (Phi) is 5.80.